The maximum Gasteiger partial charge on any atom is 0.189 e. The van der Waals surface area contributed by atoms with Gasteiger partial charge in [-0.1, -0.05) is 72.0 Å². The van der Waals surface area contributed by atoms with Gasteiger partial charge in [0.1, 0.15) is 0 Å². The Kier molecular flexibility index (Phi) is 9.05. The fourth-order valence-electron chi connectivity index (χ4n) is 13.1. The van der Waals surface area contributed by atoms with Crippen LogP contribution in [0.1, 0.15) is 76.0 Å². The quantitative estimate of drug-likeness (QED) is 0.0710. The van der Waals surface area contributed by atoms with Crippen LogP contribution in [-0.4, -0.2) is 69.7 Å². The van der Waals surface area contributed by atoms with Crippen molar-refractivity contribution in [2.45, 2.75) is 101 Å². The highest BCUT2D eigenvalue weighted by atomic mass is 16.3. The lowest BCUT2D eigenvalue weighted by molar-refractivity contribution is -0.128. The summed E-state index contributed by atoms with van der Waals surface area (Å²) in [5.41, 5.74) is 8.82. The molecule has 8 N–H and O–H groups in total. The Labute approximate surface area is 320 Å². The Hall–Kier alpha value is -3.61. The Morgan fingerprint density at radius 2 is 1.80 bits per heavy atom. The number of hydrogen-bond donors (Lipinski definition) is 7. The van der Waals surface area contributed by atoms with Crippen LogP contribution in [0.4, 0.5) is 0 Å². The van der Waals surface area contributed by atoms with Gasteiger partial charge in [0, 0.05) is 41.9 Å². The van der Waals surface area contributed by atoms with Gasteiger partial charge in [0.2, 0.25) is 0 Å². The van der Waals surface area contributed by atoms with E-state index in [1.807, 2.05) is 25.1 Å². The Morgan fingerprint density at radius 3 is 2.61 bits per heavy atom. The number of benzene rings is 2. The standard InChI is InChI=1S/C46H59N5O3/c1-43(53)32-13-15-37-41-38(43)22-40(52)46(41,54)27-35(51-42(47)49-19-17-29-8-4-3-5-9-29)14-12-33-24-44(18-16-30(23-44)28-48-2)25-34(45(33,37)26-32)21-36-20-31-10-6-7-11-39(31)50-36/h3-11,20,25,30,32-33,35,37-38,40-41,48,50,52-54H,13,15-19,21-24,26-28H2,1-2H3,(H3,47,49,51). The molecule has 7 aliphatic rings. The second-order valence-electron chi connectivity index (χ2n) is 18.4. The lowest BCUT2D eigenvalue weighted by Gasteiger charge is -2.58. The van der Waals surface area contributed by atoms with E-state index >= 15 is 0 Å². The molecule has 1 heterocycles. The molecule has 0 amide bonds. The largest absolute Gasteiger partial charge is 0.390 e. The molecule has 5 saturated carbocycles. The molecule has 5 fully saturated rings. The number of nitrogens with one attached hydrogen (secondary N) is 3. The Balaban J connectivity index is 1.17. The number of fused-ring (bicyclic) bond motifs is 2. The first-order chi connectivity index (χ1) is 26.0. The monoisotopic (exact) mass is 729 g/mol. The molecule has 7 aliphatic carbocycles. The van der Waals surface area contributed by atoms with Gasteiger partial charge in [-0.25, -0.2) is 0 Å². The van der Waals surface area contributed by atoms with Crippen LogP contribution in [0.5, 0.6) is 0 Å². The van der Waals surface area contributed by atoms with Gasteiger partial charge in [0.15, 0.2) is 5.96 Å². The number of aliphatic imine (C=N–C) groups is 1. The zero-order chi connectivity index (χ0) is 37.3. The molecule has 8 heteroatoms. The topological polar surface area (TPSA) is 139 Å². The third-order valence-electron chi connectivity index (χ3n) is 15.5. The number of allylic oxidation sites excluding steroid dienone is 2. The van der Waals surface area contributed by atoms with Gasteiger partial charge in [-0.15, -0.1) is 0 Å². The normalized spacial score (nSPS) is 41.0. The third-order valence-corrected chi connectivity index (χ3v) is 15.5. The van der Waals surface area contributed by atoms with E-state index in [1.165, 1.54) is 28.6 Å². The van der Waals surface area contributed by atoms with Crippen LogP contribution in [0, 0.1) is 58.2 Å². The summed E-state index contributed by atoms with van der Waals surface area (Å²) in [6.07, 6.45) is 11.1. The SMILES string of the molecule is CNCC1CCC2(C=C(Cc3cc4ccccc4[nH]3)C34CC5CCC3C3C(CC(O)C3(O)CC(NC(N)=NCCc3ccccc3)C#CC4C2)C5(C)O)C1. The predicted octanol–water partition coefficient (Wildman–Crippen LogP) is 5.48. The number of nitrogens with two attached hydrogens (primary N) is 1. The van der Waals surface area contributed by atoms with E-state index in [0.29, 0.717) is 24.8 Å². The van der Waals surface area contributed by atoms with Crippen LogP contribution in [-0.2, 0) is 12.8 Å². The predicted molar refractivity (Wildman–Crippen MR) is 214 cm³/mol. The molecule has 3 aromatic rings. The fourth-order valence-corrected chi connectivity index (χ4v) is 13.1. The van der Waals surface area contributed by atoms with Crippen LogP contribution >= 0.6 is 0 Å². The molecular weight excluding hydrogens is 671 g/mol. The second kappa shape index (κ2) is 13.5. The van der Waals surface area contributed by atoms with Crippen molar-refractivity contribution in [2.24, 2.45) is 57.1 Å². The smallest absolute Gasteiger partial charge is 0.189 e. The highest BCUT2D eigenvalue weighted by Gasteiger charge is 2.71. The van der Waals surface area contributed by atoms with Crippen LogP contribution in [0.25, 0.3) is 10.9 Å². The average molecular weight is 730 g/mol. The summed E-state index contributed by atoms with van der Waals surface area (Å²) < 4.78 is 0. The molecule has 0 saturated heterocycles. The number of guanidine groups is 1. The van der Waals surface area contributed by atoms with E-state index in [1.54, 1.807) is 0 Å². The second-order valence-corrected chi connectivity index (χ2v) is 18.4. The lowest BCUT2D eigenvalue weighted by Crippen LogP contribution is -2.56. The number of nitrogens with zero attached hydrogens (tertiary/aromatic N) is 1. The summed E-state index contributed by atoms with van der Waals surface area (Å²) in [4.78, 5) is 8.46. The summed E-state index contributed by atoms with van der Waals surface area (Å²) in [6, 6.07) is 20.6. The summed E-state index contributed by atoms with van der Waals surface area (Å²) in [7, 11) is 2.06. The number of aromatic nitrogens is 1. The van der Waals surface area contributed by atoms with Crippen molar-refractivity contribution in [2.75, 3.05) is 20.1 Å². The number of aliphatic hydroxyl groups is 3. The van der Waals surface area contributed by atoms with Gasteiger partial charge in [0.05, 0.1) is 23.3 Å². The third kappa shape index (κ3) is 5.93. The molecule has 12 unspecified atom stereocenters. The van der Waals surface area contributed by atoms with E-state index in [0.717, 1.165) is 63.4 Å². The van der Waals surface area contributed by atoms with Crippen LogP contribution in [0.2, 0.25) is 0 Å². The van der Waals surface area contributed by atoms with Crippen molar-refractivity contribution >= 4 is 16.9 Å². The Bertz CT molecular complexity index is 1960. The minimum Gasteiger partial charge on any atom is -0.390 e. The Morgan fingerprint density at radius 1 is 0.981 bits per heavy atom. The number of para-hydroxylation sites is 1. The highest BCUT2D eigenvalue weighted by Crippen LogP contribution is 2.72. The van der Waals surface area contributed by atoms with Crippen molar-refractivity contribution < 1.29 is 15.3 Å². The minimum atomic E-state index is -1.44. The molecule has 4 bridgehead atoms. The van der Waals surface area contributed by atoms with Gasteiger partial charge in [-0.05, 0) is 136 Å². The van der Waals surface area contributed by atoms with Crippen molar-refractivity contribution in [3.05, 3.63) is 83.6 Å². The van der Waals surface area contributed by atoms with Gasteiger partial charge in [-0.2, -0.15) is 0 Å². The summed E-state index contributed by atoms with van der Waals surface area (Å²) in [6.45, 7) is 3.57. The molecule has 12 atom stereocenters. The zero-order valence-corrected chi connectivity index (χ0v) is 32.0. The average Bonchev–Trinajstić information content (AvgIpc) is 3.79. The van der Waals surface area contributed by atoms with Gasteiger partial charge in [0.25, 0.3) is 0 Å². The zero-order valence-electron chi connectivity index (χ0n) is 32.0. The van der Waals surface area contributed by atoms with Crippen LogP contribution < -0.4 is 16.4 Å². The minimum absolute atomic E-state index is 0.0400. The molecular formula is C46H59N5O3. The van der Waals surface area contributed by atoms with E-state index in [9.17, 15) is 15.3 Å². The molecule has 1 aromatic heterocycles. The number of rotatable bonds is 8. The molecule has 54 heavy (non-hydrogen) atoms. The number of aliphatic hydroxyl groups excluding tert-OH is 1. The fraction of sp³-hybridized carbons (Fsp3) is 0.587. The van der Waals surface area contributed by atoms with E-state index in [2.05, 4.69) is 88.0 Å². The first-order valence-corrected chi connectivity index (χ1v) is 20.7. The van der Waals surface area contributed by atoms with Gasteiger partial charge in [-0.3, -0.25) is 4.99 Å². The molecule has 2 aromatic carbocycles. The molecule has 10 rings (SSSR count). The summed E-state index contributed by atoms with van der Waals surface area (Å²) >= 11 is 0. The number of aromatic amines is 1. The van der Waals surface area contributed by atoms with Crippen LogP contribution in [0.3, 0.4) is 0 Å². The van der Waals surface area contributed by atoms with E-state index in [-0.39, 0.29) is 46.8 Å². The summed E-state index contributed by atoms with van der Waals surface area (Å²) in [5, 5.41) is 45.9. The van der Waals surface area contributed by atoms with Crippen molar-refractivity contribution in [1.29, 1.82) is 0 Å². The molecule has 286 valence electrons. The van der Waals surface area contributed by atoms with E-state index < -0.39 is 23.3 Å². The maximum absolute atomic E-state index is 13.1. The van der Waals surface area contributed by atoms with Gasteiger partial charge >= 0.3 is 0 Å². The molecule has 2 spiro atoms. The number of H-pyrrole nitrogens is 1. The first-order valence-electron chi connectivity index (χ1n) is 20.7. The van der Waals surface area contributed by atoms with Crippen molar-refractivity contribution in [1.82, 2.24) is 15.6 Å². The highest BCUT2D eigenvalue weighted by molar-refractivity contribution is 5.80. The van der Waals surface area contributed by atoms with Crippen molar-refractivity contribution in [3.8, 4) is 11.8 Å². The van der Waals surface area contributed by atoms with Crippen LogP contribution in [0.15, 0.2) is 77.3 Å². The summed E-state index contributed by atoms with van der Waals surface area (Å²) in [5.74, 6) is 8.23. The number of hydrogen-bond acceptors (Lipinski definition) is 5. The maximum atomic E-state index is 13.1. The molecule has 0 aliphatic heterocycles. The molecule has 8 nitrogen and oxygen atoms in total. The lowest BCUT2D eigenvalue weighted by atomic mass is 9.46. The van der Waals surface area contributed by atoms with Gasteiger partial charge < -0.3 is 36.7 Å². The first kappa shape index (κ1) is 36.1. The van der Waals surface area contributed by atoms with Crippen molar-refractivity contribution in [3.63, 3.8) is 0 Å². The molecule has 0 radical (unpaired) electrons. The van der Waals surface area contributed by atoms with E-state index in [4.69, 9.17) is 5.73 Å².